The van der Waals surface area contributed by atoms with Crippen LogP contribution in [0.3, 0.4) is 0 Å². The minimum atomic E-state index is 0.405. The SMILES string of the molecule is C=CCC(=N)C=N/C=C\OCCOCC[n+]1ccncc1CC=C. The van der Waals surface area contributed by atoms with Crippen molar-refractivity contribution < 1.29 is 14.0 Å². The van der Waals surface area contributed by atoms with Crippen molar-refractivity contribution in [1.82, 2.24) is 4.98 Å². The Morgan fingerprint density at radius 2 is 2.17 bits per heavy atom. The predicted molar refractivity (Wildman–Crippen MR) is 95.3 cm³/mol. The molecule has 0 amide bonds. The fraction of sp³-hybridized carbons (Fsp3) is 0.333. The topological polar surface area (TPSA) is 71.4 Å². The van der Waals surface area contributed by atoms with Crippen LogP contribution in [0.4, 0.5) is 0 Å². The van der Waals surface area contributed by atoms with Gasteiger partial charge in [-0.15, -0.1) is 13.2 Å². The first-order valence-corrected chi connectivity index (χ1v) is 7.77. The molecule has 0 radical (unpaired) electrons. The number of aromatic nitrogens is 2. The van der Waals surface area contributed by atoms with Crippen molar-refractivity contribution in [1.29, 1.82) is 5.41 Å². The summed E-state index contributed by atoms with van der Waals surface area (Å²) >= 11 is 0. The Balaban J connectivity index is 2.11. The highest BCUT2D eigenvalue weighted by molar-refractivity contribution is 6.29. The van der Waals surface area contributed by atoms with Crippen molar-refractivity contribution in [3.8, 4) is 0 Å². The highest BCUT2D eigenvalue weighted by Crippen LogP contribution is 1.91. The molecule has 0 spiro atoms. The third kappa shape index (κ3) is 8.75. The van der Waals surface area contributed by atoms with Crippen molar-refractivity contribution >= 4 is 11.9 Å². The quantitative estimate of drug-likeness (QED) is 0.198. The second kappa shape index (κ2) is 12.9. The molecule has 0 saturated heterocycles. The summed E-state index contributed by atoms with van der Waals surface area (Å²) in [6, 6.07) is 0. The minimum Gasteiger partial charge on any atom is -0.497 e. The van der Waals surface area contributed by atoms with Crippen LogP contribution in [0.5, 0.6) is 0 Å². The zero-order valence-corrected chi connectivity index (χ0v) is 13.9. The monoisotopic (exact) mass is 329 g/mol. The van der Waals surface area contributed by atoms with Gasteiger partial charge < -0.3 is 14.9 Å². The lowest BCUT2D eigenvalue weighted by molar-refractivity contribution is -0.705. The summed E-state index contributed by atoms with van der Waals surface area (Å²) in [4.78, 5) is 8.04. The third-order valence-corrected chi connectivity index (χ3v) is 2.94. The summed E-state index contributed by atoms with van der Waals surface area (Å²) in [5.41, 5.74) is 1.51. The predicted octanol–water partition coefficient (Wildman–Crippen LogP) is 2.27. The highest BCUT2D eigenvalue weighted by Gasteiger charge is 2.07. The number of rotatable bonds is 13. The van der Waals surface area contributed by atoms with E-state index in [0.29, 0.717) is 32.0 Å². The molecule has 6 heteroatoms. The van der Waals surface area contributed by atoms with Crippen LogP contribution < -0.4 is 4.57 Å². The summed E-state index contributed by atoms with van der Waals surface area (Å²) in [6.45, 7) is 9.62. The van der Waals surface area contributed by atoms with Gasteiger partial charge in [-0.1, -0.05) is 12.2 Å². The molecule has 128 valence electrons. The van der Waals surface area contributed by atoms with E-state index in [1.165, 1.54) is 18.7 Å². The maximum Gasteiger partial charge on any atom is 0.203 e. The first-order valence-electron chi connectivity index (χ1n) is 7.77. The average Bonchev–Trinajstić information content (AvgIpc) is 2.58. The molecule has 0 fully saturated rings. The lowest BCUT2D eigenvalue weighted by atomic mass is 10.3. The van der Waals surface area contributed by atoms with Crippen LogP contribution in [0.2, 0.25) is 0 Å². The number of ether oxygens (including phenoxy) is 2. The van der Waals surface area contributed by atoms with E-state index in [-0.39, 0.29) is 0 Å². The van der Waals surface area contributed by atoms with Crippen LogP contribution in [0, 0.1) is 5.41 Å². The van der Waals surface area contributed by atoms with Gasteiger partial charge in [0, 0.05) is 12.6 Å². The number of hydrogen-bond acceptors (Lipinski definition) is 5. The lowest BCUT2D eigenvalue weighted by Crippen LogP contribution is -2.40. The molecule has 0 atom stereocenters. The Kier molecular flexibility index (Phi) is 10.4. The summed E-state index contributed by atoms with van der Waals surface area (Å²) in [5, 5.41) is 7.47. The van der Waals surface area contributed by atoms with E-state index < -0.39 is 0 Å². The first-order chi connectivity index (χ1) is 11.8. The third-order valence-electron chi connectivity index (χ3n) is 2.94. The number of allylic oxidation sites excluding steroid dienone is 2. The molecule has 1 N–H and O–H groups in total. The van der Waals surface area contributed by atoms with Gasteiger partial charge in [0.25, 0.3) is 0 Å². The first kappa shape index (κ1) is 19.4. The second-order valence-corrected chi connectivity index (χ2v) is 4.82. The van der Waals surface area contributed by atoms with Crippen molar-refractivity contribution in [2.75, 3.05) is 19.8 Å². The zero-order valence-electron chi connectivity index (χ0n) is 13.9. The van der Waals surface area contributed by atoms with Gasteiger partial charge >= 0.3 is 0 Å². The van der Waals surface area contributed by atoms with E-state index in [1.54, 1.807) is 12.3 Å². The number of hydrogen-bond donors (Lipinski definition) is 1. The van der Waals surface area contributed by atoms with Gasteiger partial charge in [0.15, 0.2) is 12.7 Å². The van der Waals surface area contributed by atoms with Crippen LogP contribution in [-0.2, 0) is 22.4 Å². The van der Waals surface area contributed by atoms with E-state index >= 15 is 0 Å². The zero-order chi connectivity index (χ0) is 17.5. The largest absolute Gasteiger partial charge is 0.497 e. The Bertz CT molecular complexity index is 582. The fourth-order valence-electron chi connectivity index (χ4n) is 1.81. The molecular formula is C18H25N4O2+. The molecule has 1 heterocycles. The highest BCUT2D eigenvalue weighted by atomic mass is 16.5. The van der Waals surface area contributed by atoms with Crippen molar-refractivity contribution in [2.24, 2.45) is 4.99 Å². The lowest BCUT2D eigenvalue weighted by Gasteiger charge is -2.04. The van der Waals surface area contributed by atoms with Crippen LogP contribution in [0.25, 0.3) is 0 Å². The molecule has 0 aliphatic heterocycles. The smallest absolute Gasteiger partial charge is 0.203 e. The van der Waals surface area contributed by atoms with Gasteiger partial charge in [-0.05, 0) is 0 Å². The van der Waals surface area contributed by atoms with E-state index in [1.807, 2.05) is 18.5 Å². The maximum atomic E-state index is 7.47. The van der Waals surface area contributed by atoms with Crippen LogP contribution in [0.1, 0.15) is 12.1 Å². The molecule has 1 aromatic rings. The van der Waals surface area contributed by atoms with Gasteiger partial charge in [0.1, 0.15) is 19.5 Å². The van der Waals surface area contributed by atoms with Crippen LogP contribution in [0.15, 0.2) is 61.4 Å². The molecule has 1 aromatic heterocycles. The number of nitrogens with one attached hydrogen (secondary N) is 1. The van der Waals surface area contributed by atoms with Gasteiger partial charge in [-0.3, -0.25) is 9.98 Å². The van der Waals surface area contributed by atoms with Crippen LogP contribution >= 0.6 is 0 Å². The van der Waals surface area contributed by atoms with E-state index in [4.69, 9.17) is 14.9 Å². The van der Waals surface area contributed by atoms with Gasteiger partial charge in [-0.25, -0.2) is 0 Å². The molecule has 0 unspecified atom stereocenters. The van der Waals surface area contributed by atoms with Gasteiger partial charge in [-0.2, -0.15) is 4.57 Å². The second-order valence-electron chi connectivity index (χ2n) is 4.82. The Hall–Kier alpha value is -2.60. The molecule has 6 nitrogen and oxygen atoms in total. The Morgan fingerprint density at radius 3 is 2.96 bits per heavy atom. The summed E-state index contributed by atoms with van der Waals surface area (Å²) in [7, 11) is 0. The average molecular weight is 329 g/mol. The Morgan fingerprint density at radius 1 is 1.29 bits per heavy atom. The normalized spacial score (nSPS) is 11.0. The van der Waals surface area contributed by atoms with Crippen LogP contribution in [-0.4, -0.2) is 36.7 Å². The maximum absolute atomic E-state index is 7.47. The Labute approximate surface area is 143 Å². The molecule has 0 bridgehead atoms. The van der Waals surface area contributed by atoms with E-state index in [2.05, 4.69) is 27.7 Å². The van der Waals surface area contributed by atoms with E-state index in [0.717, 1.165) is 18.7 Å². The minimum absolute atomic E-state index is 0.405. The summed E-state index contributed by atoms with van der Waals surface area (Å²) < 4.78 is 12.9. The molecule has 0 aliphatic rings. The fourth-order valence-corrected chi connectivity index (χ4v) is 1.81. The molecule has 0 saturated carbocycles. The standard InChI is InChI=1S/C18H25N4O2/c1-3-5-17(19)15-21-8-11-23-13-14-24-12-10-22-9-7-20-16-18(22)6-4-2/h3-4,7-9,11,15-16,19H,1-2,5-6,10,12-14H2/q+1/b11-8-,19-17?,21-15?. The molecule has 0 aromatic carbocycles. The van der Waals surface area contributed by atoms with Crippen molar-refractivity contribution in [3.63, 3.8) is 0 Å². The molecular weight excluding hydrogens is 304 g/mol. The number of aliphatic imine (C=N–C) groups is 1. The number of nitrogens with zero attached hydrogens (tertiary/aromatic N) is 3. The van der Waals surface area contributed by atoms with E-state index in [9.17, 15) is 0 Å². The molecule has 0 aliphatic carbocycles. The van der Waals surface area contributed by atoms with Crippen molar-refractivity contribution in [2.45, 2.75) is 19.4 Å². The van der Waals surface area contributed by atoms with Crippen molar-refractivity contribution in [3.05, 3.63) is 62.1 Å². The molecule has 1 rings (SSSR count). The summed E-state index contributed by atoms with van der Waals surface area (Å²) in [5.74, 6) is 0. The van der Waals surface area contributed by atoms with Gasteiger partial charge in [0.05, 0.1) is 37.3 Å². The molecule has 24 heavy (non-hydrogen) atoms. The van der Waals surface area contributed by atoms with Gasteiger partial charge in [0.2, 0.25) is 5.69 Å². The summed E-state index contributed by atoms with van der Waals surface area (Å²) in [6.07, 6.45) is 14.8.